The average Bonchev–Trinajstić information content (AvgIpc) is 2.98. The van der Waals surface area contributed by atoms with Gasteiger partial charge in [-0.15, -0.1) is 11.8 Å². The van der Waals surface area contributed by atoms with E-state index in [4.69, 9.17) is 5.73 Å². The molecular formula is C17H20N2O2S2. The molecule has 0 aromatic heterocycles. The summed E-state index contributed by atoms with van der Waals surface area (Å²) in [5, 5.41) is 0. The van der Waals surface area contributed by atoms with E-state index in [1.807, 2.05) is 48.7 Å². The molecule has 1 aliphatic rings. The normalized spacial score (nSPS) is 22.3. The van der Waals surface area contributed by atoms with Crippen LogP contribution in [0.25, 0.3) is 0 Å². The first-order valence-electron chi connectivity index (χ1n) is 7.47. The fourth-order valence-corrected chi connectivity index (χ4v) is 4.85. The van der Waals surface area contributed by atoms with E-state index in [0.717, 1.165) is 10.5 Å². The maximum Gasteiger partial charge on any atom is 0.243 e. The molecule has 0 amide bonds. The Hall–Kier alpha value is -1.34. The van der Waals surface area contributed by atoms with E-state index in [1.165, 1.54) is 4.31 Å². The molecular weight excluding hydrogens is 328 g/mol. The molecule has 0 bridgehead atoms. The molecule has 6 heteroatoms. The van der Waals surface area contributed by atoms with Gasteiger partial charge in [-0.05, 0) is 36.1 Å². The first-order chi connectivity index (χ1) is 11.0. The lowest BCUT2D eigenvalue weighted by molar-refractivity contribution is 0.470. The number of rotatable bonds is 4. The van der Waals surface area contributed by atoms with Gasteiger partial charge in [-0.25, -0.2) is 8.42 Å². The van der Waals surface area contributed by atoms with Crippen molar-refractivity contribution in [1.82, 2.24) is 4.31 Å². The van der Waals surface area contributed by atoms with Crippen LogP contribution in [-0.2, 0) is 10.0 Å². The summed E-state index contributed by atoms with van der Waals surface area (Å²) in [4.78, 5) is 1.38. The molecule has 2 aromatic rings. The van der Waals surface area contributed by atoms with Crippen molar-refractivity contribution in [3.05, 3.63) is 60.2 Å². The smallest absolute Gasteiger partial charge is 0.243 e. The van der Waals surface area contributed by atoms with E-state index < -0.39 is 10.0 Å². The number of nitrogens with two attached hydrogens (primary N) is 1. The highest BCUT2D eigenvalue weighted by atomic mass is 32.2. The highest BCUT2D eigenvalue weighted by molar-refractivity contribution is 7.98. The quantitative estimate of drug-likeness (QED) is 0.863. The van der Waals surface area contributed by atoms with Crippen LogP contribution >= 0.6 is 11.8 Å². The Morgan fingerprint density at radius 2 is 1.70 bits per heavy atom. The van der Waals surface area contributed by atoms with Crippen LogP contribution in [0, 0.1) is 0 Å². The molecule has 1 heterocycles. The maximum absolute atomic E-state index is 12.8. The van der Waals surface area contributed by atoms with Crippen LogP contribution in [0.1, 0.15) is 11.5 Å². The zero-order chi connectivity index (χ0) is 16.4. The van der Waals surface area contributed by atoms with Gasteiger partial charge in [-0.3, -0.25) is 0 Å². The Kier molecular flexibility index (Phi) is 4.77. The summed E-state index contributed by atoms with van der Waals surface area (Å²) in [5.41, 5.74) is 7.31. The van der Waals surface area contributed by atoms with Crippen LogP contribution in [-0.4, -0.2) is 38.1 Å². The van der Waals surface area contributed by atoms with Crippen LogP contribution in [0.2, 0.25) is 0 Å². The van der Waals surface area contributed by atoms with Crippen molar-refractivity contribution < 1.29 is 8.42 Å². The molecule has 0 unspecified atom stereocenters. The molecule has 4 nitrogen and oxygen atoms in total. The predicted octanol–water partition coefficient (Wildman–Crippen LogP) is 2.52. The van der Waals surface area contributed by atoms with Gasteiger partial charge in [0.05, 0.1) is 4.90 Å². The summed E-state index contributed by atoms with van der Waals surface area (Å²) < 4.78 is 27.1. The Labute approximate surface area is 141 Å². The summed E-state index contributed by atoms with van der Waals surface area (Å²) >= 11 is 1.59. The van der Waals surface area contributed by atoms with Gasteiger partial charge in [-0.1, -0.05) is 30.3 Å². The molecule has 3 rings (SSSR count). The second kappa shape index (κ2) is 6.65. The molecule has 1 aliphatic heterocycles. The van der Waals surface area contributed by atoms with Crippen LogP contribution in [0.5, 0.6) is 0 Å². The van der Waals surface area contributed by atoms with Crippen LogP contribution < -0.4 is 5.73 Å². The second-order valence-corrected chi connectivity index (χ2v) is 8.50. The van der Waals surface area contributed by atoms with Crippen molar-refractivity contribution >= 4 is 21.8 Å². The van der Waals surface area contributed by atoms with Crippen LogP contribution in [0.15, 0.2) is 64.4 Å². The molecule has 0 radical (unpaired) electrons. The Bertz CT molecular complexity index is 761. The molecule has 2 N–H and O–H groups in total. The summed E-state index contributed by atoms with van der Waals surface area (Å²) in [7, 11) is -3.49. The number of nitrogens with zero attached hydrogens (tertiary/aromatic N) is 1. The molecule has 2 aromatic carbocycles. The number of sulfonamides is 1. The highest BCUT2D eigenvalue weighted by Crippen LogP contribution is 2.30. The first-order valence-corrected chi connectivity index (χ1v) is 10.1. The second-order valence-electron chi connectivity index (χ2n) is 5.68. The van der Waals surface area contributed by atoms with E-state index >= 15 is 0 Å². The minimum absolute atomic E-state index is 0.0384. The van der Waals surface area contributed by atoms with Crippen LogP contribution in [0.3, 0.4) is 0 Å². The van der Waals surface area contributed by atoms with Gasteiger partial charge >= 0.3 is 0 Å². The minimum atomic E-state index is -3.49. The summed E-state index contributed by atoms with van der Waals surface area (Å²) in [6.07, 6.45) is 1.97. The van der Waals surface area contributed by atoms with Gasteiger partial charge in [0.1, 0.15) is 0 Å². The first kappa shape index (κ1) is 16.5. The van der Waals surface area contributed by atoms with Gasteiger partial charge in [0.2, 0.25) is 10.0 Å². The standard InChI is InChI=1S/C17H20N2O2S2/c1-22-14-7-9-15(10-8-14)23(20,21)19-11-16(17(18)12-19)13-5-3-2-4-6-13/h2-10,16-17H,11-12,18H2,1H3/t16-,17+/m0/s1. The number of benzene rings is 2. The average molecular weight is 348 g/mol. The third-order valence-corrected chi connectivity index (χ3v) is 6.85. The molecule has 1 saturated heterocycles. The molecule has 122 valence electrons. The molecule has 2 atom stereocenters. The van der Waals surface area contributed by atoms with Gasteiger partial charge in [0.25, 0.3) is 0 Å². The van der Waals surface area contributed by atoms with Crippen molar-refractivity contribution in [2.24, 2.45) is 5.73 Å². The summed E-state index contributed by atoms with van der Waals surface area (Å²) in [5.74, 6) is 0.0384. The zero-order valence-corrected chi connectivity index (χ0v) is 14.6. The van der Waals surface area contributed by atoms with Crippen molar-refractivity contribution in [1.29, 1.82) is 0 Å². The van der Waals surface area contributed by atoms with Crippen molar-refractivity contribution in [2.45, 2.75) is 21.8 Å². The van der Waals surface area contributed by atoms with Gasteiger partial charge in [0, 0.05) is 29.9 Å². The van der Waals surface area contributed by atoms with Crippen molar-refractivity contribution in [3.8, 4) is 0 Å². The monoisotopic (exact) mass is 348 g/mol. The summed E-state index contributed by atoms with van der Waals surface area (Å²) in [6, 6.07) is 16.7. The molecule has 0 saturated carbocycles. The fraction of sp³-hybridized carbons (Fsp3) is 0.294. The molecule has 1 fully saturated rings. The lowest BCUT2D eigenvalue weighted by Gasteiger charge is -2.17. The lowest BCUT2D eigenvalue weighted by Crippen LogP contribution is -2.32. The third-order valence-electron chi connectivity index (χ3n) is 4.26. The van der Waals surface area contributed by atoms with Gasteiger partial charge in [0.15, 0.2) is 0 Å². The Morgan fingerprint density at radius 1 is 1.04 bits per heavy atom. The summed E-state index contributed by atoms with van der Waals surface area (Å²) in [6.45, 7) is 0.782. The number of hydrogen-bond acceptors (Lipinski definition) is 4. The Morgan fingerprint density at radius 3 is 2.30 bits per heavy atom. The topological polar surface area (TPSA) is 63.4 Å². The lowest BCUT2D eigenvalue weighted by atomic mass is 9.95. The largest absolute Gasteiger partial charge is 0.326 e. The van der Waals surface area contributed by atoms with E-state index in [9.17, 15) is 8.42 Å². The SMILES string of the molecule is CSc1ccc(S(=O)(=O)N2C[C@@H](N)[C@H](c3ccccc3)C2)cc1. The predicted molar refractivity (Wildman–Crippen MR) is 94.1 cm³/mol. The van der Waals surface area contributed by atoms with Gasteiger partial charge < -0.3 is 5.73 Å². The Balaban J connectivity index is 1.84. The minimum Gasteiger partial charge on any atom is -0.326 e. The number of hydrogen-bond donors (Lipinski definition) is 1. The van der Waals surface area contributed by atoms with E-state index in [2.05, 4.69) is 0 Å². The zero-order valence-electron chi connectivity index (χ0n) is 12.9. The molecule has 0 spiro atoms. The molecule has 23 heavy (non-hydrogen) atoms. The van der Waals surface area contributed by atoms with Crippen molar-refractivity contribution in [3.63, 3.8) is 0 Å². The number of thioether (sulfide) groups is 1. The molecule has 0 aliphatic carbocycles. The fourth-order valence-electron chi connectivity index (χ4n) is 2.94. The van der Waals surface area contributed by atoms with E-state index in [1.54, 1.807) is 23.9 Å². The highest BCUT2D eigenvalue weighted by Gasteiger charge is 2.38. The van der Waals surface area contributed by atoms with Gasteiger partial charge in [-0.2, -0.15) is 4.31 Å². The van der Waals surface area contributed by atoms with Crippen LogP contribution in [0.4, 0.5) is 0 Å². The van der Waals surface area contributed by atoms with E-state index in [-0.39, 0.29) is 12.0 Å². The maximum atomic E-state index is 12.8. The van der Waals surface area contributed by atoms with Crippen molar-refractivity contribution in [2.75, 3.05) is 19.3 Å². The third kappa shape index (κ3) is 3.30. The van der Waals surface area contributed by atoms with E-state index in [0.29, 0.717) is 18.0 Å².